The second-order valence-corrected chi connectivity index (χ2v) is 4.95. The molecule has 0 aliphatic rings. The van der Waals surface area contributed by atoms with Gasteiger partial charge in [-0.2, -0.15) is 13.2 Å². The maximum absolute atomic E-state index is 13.6. The molecule has 1 aromatic carbocycles. The first kappa shape index (κ1) is 19.5. The van der Waals surface area contributed by atoms with Crippen molar-refractivity contribution in [3.63, 3.8) is 0 Å². The Hall–Kier alpha value is -2.52. The van der Waals surface area contributed by atoms with Crippen molar-refractivity contribution in [1.82, 2.24) is 5.32 Å². The van der Waals surface area contributed by atoms with Crippen LogP contribution in [0, 0.1) is 5.82 Å². The first-order valence-electron chi connectivity index (χ1n) is 6.69. The molecule has 0 heterocycles. The summed E-state index contributed by atoms with van der Waals surface area (Å²) in [5.41, 5.74) is -3.88. The minimum Gasteiger partial charge on any atom is -0.466 e. The van der Waals surface area contributed by atoms with Crippen LogP contribution in [0.3, 0.4) is 0 Å². The van der Waals surface area contributed by atoms with Crippen LogP contribution in [0.4, 0.5) is 28.0 Å². The summed E-state index contributed by atoms with van der Waals surface area (Å²) in [5, 5.41) is 3.29. The van der Waals surface area contributed by atoms with Gasteiger partial charge in [0.1, 0.15) is 5.82 Å². The molecule has 0 saturated heterocycles. The predicted molar refractivity (Wildman–Crippen MR) is 75.6 cm³/mol. The topological polar surface area (TPSA) is 76.7 Å². The van der Waals surface area contributed by atoms with Crippen molar-refractivity contribution >= 4 is 17.7 Å². The molecule has 24 heavy (non-hydrogen) atoms. The van der Waals surface area contributed by atoms with Crippen LogP contribution in [0.5, 0.6) is 0 Å². The van der Waals surface area contributed by atoms with E-state index in [-0.39, 0.29) is 5.69 Å². The number of nitrogens with one attached hydrogen (secondary N) is 2. The molecule has 6 nitrogen and oxygen atoms in total. The molecule has 1 atom stereocenters. The summed E-state index contributed by atoms with van der Waals surface area (Å²) in [6.07, 6.45) is -7.49. The van der Waals surface area contributed by atoms with E-state index >= 15 is 0 Å². The highest BCUT2D eigenvalue weighted by atomic mass is 19.4. The second-order valence-electron chi connectivity index (χ2n) is 4.95. The molecular formula is C14H16F4N2O4. The Bertz CT molecular complexity index is 589. The molecule has 1 rings (SSSR count). The molecule has 1 amide bonds. The largest absolute Gasteiger partial charge is 0.466 e. The van der Waals surface area contributed by atoms with Crippen molar-refractivity contribution in [2.75, 3.05) is 12.4 Å². The molecule has 0 aliphatic heterocycles. The third-order valence-corrected chi connectivity index (χ3v) is 2.73. The van der Waals surface area contributed by atoms with Crippen molar-refractivity contribution in [1.29, 1.82) is 0 Å². The molecule has 0 spiro atoms. The monoisotopic (exact) mass is 352 g/mol. The lowest BCUT2D eigenvalue weighted by atomic mass is 10.1. The van der Waals surface area contributed by atoms with Gasteiger partial charge in [0.15, 0.2) is 0 Å². The van der Waals surface area contributed by atoms with Crippen LogP contribution >= 0.6 is 0 Å². The van der Waals surface area contributed by atoms with Gasteiger partial charge in [0.2, 0.25) is 0 Å². The van der Waals surface area contributed by atoms with E-state index in [2.05, 4.69) is 9.47 Å². The zero-order valence-corrected chi connectivity index (χ0v) is 13.0. The molecule has 0 unspecified atom stereocenters. The number of methoxy groups -OCH3 is 1. The lowest BCUT2D eigenvalue weighted by molar-refractivity contribution is -0.204. The molecule has 0 fully saturated rings. The van der Waals surface area contributed by atoms with Crippen LogP contribution in [0.2, 0.25) is 0 Å². The fourth-order valence-electron chi connectivity index (χ4n) is 1.69. The molecule has 0 bridgehead atoms. The number of hydrogen-bond donors (Lipinski definition) is 2. The lowest BCUT2D eigenvalue weighted by Crippen LogP contribution is -2.69. The summed E-state index contributed by atoms with van der Waals surface area (Å²) in [6, 6.07) is 3.70. The number of carbonyl (C=O) groups is 2. The molecule has 2 N–H and O–H groups in total. The van der Waals surface area contributed by atoms with Crippen LogP contribution < -0.4 is 10.6 Å². The number of alkyl carbamates (subject to hydrolysis) is 1. The molecule has 1 aromatic rings. The Labute approximate surface area is 135 Å². The molecular weight excluding hydrogens is 336 g/mol. The van der Waals surface area contributed by atoms with Crippen molar-refractivity contribution in [3.8, 4) is 0 Å². The number of rotatable bonds is 5. The Morgan fingerprint density at radius 1 is 1.12 bits per heavy atom. The van der Waals surface area contributed by atoms with Crippen LogP contribution in [0.15, 0.2) is 24.3 Å². The molecule has 10 heteroatoms. The Balaban J connectivity index is 3.28. The van der Waals surface area contributed by atoms with Gasteiger partial charge in [-0.3, -0.25) is 5.32 Å². The number of halogens is 4. The van der Waals surface area contributed by atoms with Crippen LogP contribution in [-0.4, -0.2) is 37.1 Å². The summed E-state index contributed by atoms with van der Waals surface area (Å²) in [4.78, 5) is 23.5. The van der Waals surface area contributed by atoms with E-state index in [0.29, 0.717) is 0 Å². The minimum atomic E-state index is -5.29. The molecule has 0 aromatic heterocycles. The summed E-state index contributed by atoms with van der Waals surface area (Å²) < 4.78 is 62.4. The van der Waals surface area contributed by atoms with E-state index in [9.17, 15) is 27.2 Å². The number of anilines is 1. The number of benzene rings is 1. The zero-order chi connectivity index (χ0) is 18.5. The first-order valence-corrected chi connectivity index (χ1v) is 6.69. The third-order valence-electron chi connectivity index (χ3n) is 2.73. The quantitative estimate of drug-likeness (QED) is 0.484. The maximum Gasteiger partial charge on any atom is 0.442 e. The van der Waals surface area contributed by atoms with Gasteiger partial charge in [0.05, 0.1) is 13.2 Å². The fourth-order valence-corrected chi connectivity index (χ4v) is 1.69. The minimum absolute atomic E-state index is 0.274. The van der Waals surface area contributed by atoms with E-state index in [1.807, 2.05) is 5.32 Å². The summed E-state index contributed by atoms with van der Waals surface area (Å²) in [5.74, 6) is -2.51. The SMILES string of the molecule is COC(=O)[C@@](NC(=O)OC(C)C)(Nc1ccc(F)cc1)C(F)(F)F. The van der Waals surface area contributed by atoms with Gasteiger partial charge < -0.3 is 14.8 Å². The zero-order valence-electron chi connectivity index (χ0n) is 13.0. The summed E-state index contributed by atoms with van der Waals surface area (Å²) >= 11 is 0. The van der Waals surface area contributed by atoms with E-state index in [1.54, 1.807) is 0 Å². The van der Waals surface area contributed by atoms with E-state index < -0.39 is 35.8 Å². The average Bonchev–Trinajstić information content (AvgIpc) is 2.45. The van der Waals surface area contributed by atoms with Crippen molar-refractivity contribution in [3.05, 3.63) is 30.1 Å². The van der Waals surface area contributed by atoms with Crippen molar-refractivity contribution < 1.29 is 36.6 Å². The number of esters is 1. The Morgan fingerprint density at radius 3 is 2.08 bits per heavy atom. The maximum atomic E-state index is 13.6. The van der Waals surface area contributed by atoms with E-state index in [1.165, 1.54) is 19.2 Å². The number of amides is 1. The number of hydrogen-bond acceptors (Lipinski definition) is 5. The van der Waals surface area contributed by atoms with Crippen LogP contribution in [0.1, 0.15) is 13.8 Å². The molecule has 0 aliphatic carbocycles. The fraction of sp³-hybridized carbons (Fsp3) is 0.429. The highest BCUT2D eigenvalue weighted by Crippen LogP contribution is 2.33. The van der Waals surface area contributed by atoms with Gasteiger partial charge in [0, 0.05) is 5.69 Å². The smallest absolute Gasteiger partial charge is 0.442 e. The lowest BCUT2D eigenvalue weighted by Gasteiger charge is -2.34. The van der Waals surface area contributed by atoms with E-state index in [0.717, 1.165) is 31.4 Å². The Kier molecular flexibility index (Phi) is 5.99. The van der Waals surface area contributed by atoms with Crippen molar-refractivity contribution in [2.24, 2.45) is 0 Å². The van der Waals surface area contributed by atoms with Gasteiger partial charge in [-0.15, -0.1) is 0 Å². The summed E-state index contributed by atoms with van der Waals surface area (Å²) in [6.45, 7) is 2.83. The molecule has 134 valence electrons. The van der Waals surface area contributed by atoms with E-state index in [4.69, 9.17) is 0 Å². The van der Waals surface area contributed by atoms with Crippen LogP contribution in [-0.2, 0) is 14.3 Å². The molecule has 0 radical (unpaired) electrons. The number of carbonyl (C=O) groups excluding carboxylic acids is 2. The standard InChI is InChI=1S/C14H16F4N2O4/c1-8(2)24-12(22)20-13(11(21)23-3,14(16,17)18)19-10-6-4-9(15)5-7-10/h4-8,19H,1-3H3,(H,20,22)/t13-/m0/s1. The second kappa shape index (κ2) is 7.37. The average molecular weight is 352 g/mol. The first-order chi connectivity index (χ1) is 11.0. The number of ether oxygens (including phenoxy) is 2. The van der Waals surface area contributed by atoms with Gasteiger partial charge in [0.25, 0.3) is 0 Å². The van der Waals surface area contributed by atoms with Gasteiger partial charge in [-0.05, 0) is 38.1 Å². The van der Waals surface area contributed by atoms with Gasteiger partial charge >= 0.3 is 23.9 Å². The third kappa shape index (κ3) is 4.49. The number of alkyl halides is 3. The normalized spacial score (nSPS) is 13.8. The predicted octanol–water partition coefficient (Wildman–Crippen LogP) is 2.80. The Morgan fingerprint density at radius 2 is 1.67 bits per heavy atom. The highest BCUT2D eigenvalue weighted by Gasteiger charge is 2.64. The van der Waals surface area contributed by atoms with Gasteiger partial charge in [-0.25, -0.2) is 14.0 Å². The van der Waals surface area contributed by atoms with Gasteiger partial charge in [-0.1, -0.05) is 0 Å². The van der Waals surface area contributed by atoms with Crippen LogP contribution in [0.25, 0.3) is 0 Å². The highest BCUT2D eigenvalue weighted by molar-refractivity contribution is 5.89. The molecule has 0 saturated carbocycles. The van der Waals surface area contributed by atoms with Crippen molar-refractivity contribution in [2.45, 2.75) is 31.8 Å². The summed E-state index contributed by atoms with van der Waals surface area (Å²) in [7, 11) is 0.727.